The van der Waals surface area contributed by atoms with Gasteiger partial charge in [-0.2, -0.15) is 0 Å². The Labute approximate surface area is 63.0 Å². The van der Waals surface area contributed by atoms with Crippen LogP contribution in [0.15, 0.2) is 24.3 Å². The van der Waals surface area contributed by atoms with E-state index in [1.54, 1.807) is 24.3 Å². The molecule has 4 nitrogen and oxygen atoms in total. The van der Waals surface area contributed by atoms with Gasteiger partial charge in [0.15, 0.2) is 11.5 Å². The van der Waals surface area contributed by atoms with Gasteiger partial charge in [-0.05, 0) is 12.1 Å². The van der Waals surface area contributed by atoms with Crippen LogP contribution in [0.25, 0.3) is 0 Å². The molecule has 0 aromatic heterocycles. The predicted molar refractivity (Wildman–Crippen MR) is 37.5 cm³/mol. The van der Waals surface area contributed by atoms with Gasteiger partial charge in [0.25, 0.3) is 0 Å². The smallest absolute Gasteiger partial charge is 0.391 e. The van der Waals surface area contributed by atoms with Crippen molar-refractivity contribution in [2.45, 2.75) is 0 Å². The minimum Gasteiger partial charge on any atom is -0.391 e. The maximum absolute atomic E-state index is 10.8. The highest BCUT2D eigenvalue weighted by molar-refractivity contribution is 7.48. The molecule has 1 aromatic carbocycles. The number of benzene rings is 1. The van der Waals surface area contributed by atoms with Crippen LogP contribution in [-0.2, 0) is 4.57 Å². The maximum atomic E-state index is 10.8. The van der Waals surface area contributed by atoms with Gasteiger partial charge in [0, 0.05) is 0 Å². The normalized spacial score (nSPS) is 18.3. The van der Waals surface area contributed by atoms with Crippen molar-refractivity contribution >= 4 is 7.82 Å². The molecule has 5 heteroatoms. The van der Waals surface area contributed by atoms with Gasteiger partial charge < -0.3 is 9.05 Å². The summed E-state index contributed by atoms with van der Waals surface area (Å²) < 4.78 is 19.9. The third kappa shape index (κ3) is 1.11. The molecular formula is C6H5O4P. The molecule has 0 radical (unpaired) electrons. The second-order valence-electron chi connectivity index (χ2n) is 2.10. The number of hydrogen-bond donors (Lipinski definition) is 1. The summed E-state index contributed by atoms with van der Waals surface area (Å²) in [6.45, 7) is 0. The standard InChI is InChI=1S/C6H5O4P/c7-11(8)9-5-3-1-2-4-6(5)10-11/h1-4H,(H,7,8). The lowest BCUT2D eigenvalue weighted by Crippen LogP contribution is -1.87. The van der Waals surface area contributed by atoms with Crippen LogP contribution in [-0.4, -0.2) is 4.89 Å². The number of para-hydroxylation sites is 2. The molecule has 1 aliphatic heterocycles. The predicted octanol–water partition coefficient (Wildman–Crippen LogP) is 1.56. The highest BCUT2D eigenvalue weighted by atomic mass is 31.2. The van der Waals surface area contributed by atoms with Gasteiger partial charge in [0.1, 0.15) is 0 Å². The Hall–Kier alpha value is -0.990. The summed E-state index contributed by atoms with van der Waals surface area (Å²) in [5.74, 6) is 0.636. The van der Waals surface area contributed by atoms with Gasteiger partial charge in [-0.1, -0.05) is 12.1 Å². The lowest BCUT2D eigenvalue weighted by molar-refractivity contribution is 0.324. The zero-order chi connectivity index (χ0) is 7.90. The van der Waals surface area contributed by atoms with Gasteiger partial charge >= 0.3 is 7.82 Å². The minimum atomic E-state index is -3.83. The number of fused-ring (bicyclic) bond motifs is 1. The summed E-state index contributed by atoms with van der Waals surface area (Å²) in [7, 11) is -3.83. The van der Waals surface area contributed by atoms with Crippen molar-refractivity contribution < 1.29 is 18.5 Å². The fraction of sp³-hybridized carbons (Fsp3) is 0. The Morgan fingerprint density at radius 2 is 1.64 bits per heavy atom. The molecule has 0 aliphatic carbocycles. The van der Waals surface area contributed by atoms with E-state index in [1.165, 1.54) is 0 Å². The van der Waals surface area contributed by atoms with Crippen molar-refractivity contribution in [1.82, 2.24) is 0 Å². The van der Waals surface area contributed by atoms with Crippen LogP contribution in [0.1, 0.15) is 0 Å². The van der Waals surface area contributed by atoms with E-state index >= 15 is 0 Å². The lowest BCUT2D eigenvalue weighted by atomic mass is 10.3. The first-order valence-corrected chi connectivity index (χ1v) is 4.48. The fourth-order valence-electron chi connectivity index (χ4n) is 0.868. The van der Waals surface area contributed by atoms with Crippen molar-refractivity contribution in [2.24, 2.45) is 0 Å². The number of rotatable bonds is 0. The van der Waals surface area contributed by atoms with Crippen LogP contribution in [0, 0.1) is 0 Å². The minimum absolute atomic E-state index is 0.318. The molecule has 0 spiro atoms. The average molecular weight is 172 g/mol. The monoisotopic (exact) mass is 172 g/mol. The van der Waals surface area contributed by atoms with E-state index in [9.17, 15) is 4.57 Å². The average Bonchev–Trinajstić information content (AvgIpc) is 2.21. The van der Waals surface area contributed by atoms with E-state index in [0.29, 0.717) is 11.5 Å². The van der Waals surface area contributed by atoms with Crippen molar-refractivity contribution in [3.63, 3.8) is 0 Å². The van der Waals surface area contributed by atoms with E-state index in [4.69, 9.17) is 4.89 Å². The van der Waals surface area contributed by atoms with E-state index in [2.05, 4.69) is 9.05 Å². The molecule has 0 amide bonds. The maximum Gasteiger partial charge on any atom is 0.585 e. The molecule has 11 heavy (non-hydrogen) atoms. The summed E-state index contributed by atoms with van der Waals surface area (Å²) in [4.78, 5) is 8.83. The summed E-state index contributed by atoms with van der Waals surface area (Å²) in [5, 5.41) is 0. The second-order valence-corrected chi connectivity index (χ2v) is 3.40. The van der Waals surface area contributed by atoms with E-state index in [0.717, 1.165) is 0 Å². The molecule has 2 rings (SSSR count). The molecule has 0 fully saturated rings. The van der Waals surface area contributed by atoms with E-state index in [1.807, 2.05) is 0 Å². The first-order chi connectivity index (χ1) is 5.17. The Kier molecular flexibility index (Phi) is 1.22. The van der Waals surface area contributed by atoms with Crippen LogP contribution < -0.4 is 9.05 Å². The third-order valence-corrected chi connectivity index (χ3v) is 2.13. The highest BCUT2D eigenvalue weighted by Gasteiger charge is 2.34. The zero-order valence-corrected chi connectivity index (χ0v) is 6.32. The van der Waals surface area contributed by atoms with Crippen molar-refractivity contribution in [3.8, 4) is 11.5 Å². The summed E-state index contributed by atoms with van der Waals surface area (Å²) >= 11 is 0. The Morgan fingerprint density at radius 1 is 1.18 bits per heavy atom. The molecule has 1 aromatic rings. The number of phosphoric acid groups is 1. The Balaban J connectivity index is 2.49. The van der Waals surface area contributed by atoms with Crippen LogP contribution >= 0.6 is 7.82 Å². The van der Waals surface area contributed by atoms with Crippen molar-refractivity contribution in [1.29, 1.82) is 0 Å². The molecule has 1 aliphatic rings. The molecule has 58 valence electrons. The first-order valence-electron chi connectivity index (χ1n) is 2.98. The molecule has 1 heterocycles. The van der Waals surface area contributed by atoms with Crippen molar-refractivity contribution in [3.05, 3.63) is 24.3 Å². The molecule has 0 atom stereocenters. The van der Waals surface area contributed by atoms with Gasteiger partial charge in [-0.3, -0.25) is 4.89 Å². The van der Waals surface area contributed by atoms with Crippen LogP contribution in [0.2, 0.25) is 0 Å². The summed E-state index contributed by atoms with van der Waals surface area (Å²) in [5.41, 5.74) is 0. The second kappa shape index (κ2) is 2.00. The summed E-state index contributed by atoms with van der Waals surface area (Å²) in [6.07, 6.45) is 0. The fourth-order valence-corrected chi connectivity index (χ4v) is 1.70. The summed E-state index contributed by atoms with van der Waals surface area (Å²) in [6, 6.07) is 6.55. The molecular weight excluding hydrogens is 167 g/mol. The van der Waals surface area contributed by atoms with Crippen LogP contribution in [0.3, 0.4) is 0 Å². The zero-order valence-electron chi connectivity index (χ0n) is 5.43. The topological polar surface area (TPSA) is 55.8 Å². The van der Waals surface area contributed by atoms with Gasteiger partial charge in [-0.15, -0.1) is 0 Å². The van der Waals surface area contributed by atoms with Crippen LogP contribution in [0.4, 0.5) is 0 Å². The molecule has 0 saturated carbocycles. The van der Waals surface area contributed by atoms with Gasteiger partial charge in [0.05, 0.1) is 0 Å². The Bertz CT molecular complexity index is 306. The molecule has 0 unspecified atom stereocenters. The number of phosphoric ester groups is 1. The third-order valence-electron chi connectivity index (χ3n) is 1.28. The quantitative estimate of drug-likeness (QED) is 0.603. The highest BCUT2D eigenvalue weighted by Crippen LogP contribution is 2.54. The van der Waals surface area contributed by atoms with Gasteiger partial charge in [0.2, 0.25) is 0 Å². The first kappa shape index (κ1) is 6.70. The SMILES string of the molecule is O=P1(O)Oc2ccccc2O1. The largest absolute Gasteiger partial charge is 0.585 e. The van der Waals surface area contributed by atoms with Crippen molar-refractivity contribution in [2.75, 3.05) is 0 Å². The Morgan fingerprint density at radius 3 is 2.09 bits per heavy atom. The molecule has 1 N–H and O–H groups in total. The lowest BCUT2D eigenvalue weighted by Gasteiger charge is -1.97. The number of hydrogen-bond acceptors (Lipinski definition) is 3. The van der Waals surface area contributed by atoms with Crippen LogP contribution in [0.5, 0.6) is 11.5 Å². The van der Waals surface area contributed by atoms with Gasteiger partial charge in [-0.25, -0.2) is 4.57 Å². The molecule has 0 bridgehead atoms. The molecule has 0 saturated heterocycles. The van der Waals surface area contributed by atoms with E-state index < -0.39 is 7.82 Å². The van der Waals surface area contributed by atoms with E-state index in [-0.39, 0.29) is 0 Å².